The molecule has 1 saturated heterocycles. The summed E-state index contributed by atoms with van der Waals surface area (Å²) in [7, 11) is -3.98. The van der Waals surface area contributed by atoms with E-state index in [2.05, 4.69) is 10.0 Å². The monoisotopic (exact) mass is 411 g/mol. The number of hydrogen-bond acceptors (Lipinski definition) is 4. The molecule has 1 aliphatic heterocycles. The van der Waals surface area contributed by atoms with Crippen molar-refractivity contribution >= 4 is 15.7 Å². The lowest BCUT2D eigenvalue weighted by Crippen LogP contribution is -2.48. The molecule has 0 radical (unpaired) electrons. The minimum Gasteiger partial charge on any atom is -0.269 e. The third-order valence-corrected chi connectivity index (χ3v) is 9.39. The Morgan fingerprint density at radius 1 is 1.36 bits per heavy atom. The fourth-order valence-corrected chi connectivity index (χ4v) is 7.93. The van der Waals surface area contributed by atoms with Gasteiger partial charge in [-0.2, -0.15) is 18.4 Å². The van der Waals surface area contributed by atoms with Crippen molar-refractivity contribution in [2.24, 2.45) is 22.9 Å². The lowest BCUT2D eigenvalue weighted by atomic mass is 9.77. The summed E-state index contributed by atoms with van der Waals surface area (Å²) in [6.45, 7) is 1.71. The molecule has 28 heavy (non-hydrogen) atoms. The molecule has 2 saturated carbocycles. The number of azide groups is 1. The van der Waals surface area contributed by atoms with Gasteiger partial charge in [-0.05, 0) is 55.3 Å². The summed E-state index contributed by atoms with van der Waals surface area (Å²) in [5, 5.41) is 12.7. The Labute approximate surface area is 159 Å². The molecule has 0 spiro atoms. The predicted molar refractivity (Wildman–Crippen MR) is 93.5 cm³/mol. The molecule has 0 amide bonds. The van der Waals surface area contributed by atoms with Crippen molar-refractivity contribution in [1.29, 1.82) is 5.26 Å². The lowest BCUT2D eigenvalue weighted by Gasteiger charge is -2.36. The molecule has 11 heteroatoms. The first-order chi connectivity index (χ1) is 13.1. The maximum atomic E-state index is 13.4. The Morgan fingerprint density at radius 3 is 2.68 bits per heavy atom. The van der Waals surface area contributed by atoms with Gasteiger partial charge in [0.25, 0.3) is 0 Å². The number of rotatable bonds is 2. The highest BCUT2D eigenvalue weighted by molar-refractivity contribution is 7.94. The zero-order valence-electron chi connectivity index (χ0n) is 14.8. The van der Waals surface area contributed by atoms with Gasteiger partial charge in [-0.3, -0.25) is 4.31 Å². The number of nitriles is 1. The first kappa shape index (κ1) is 18.9. The van der Waals surface area contributed by atoms with E-state index in [1.165, 1.54) is 12.1 Å². The maximum Gasteiger partial charge on any atom is 0.417 e. The Kier molecular flexibility index (Phi) is 3.90. The Bertz CT molecular complexity index is 1040. The normalized spacial score (nSPS) is 35.3. The van der Waals surface area contributed by atoms with Gasteiger partial charge in [0, 0.05) is 23.4 Å². The van der Waals surface area contributed by atoms with Crippen molar-refractivity contribution in [3.63, 3.8) is 0 Å². The average molecular weight is 411 g/mol. The zero-order chi connectivity index (χ0) is 20.5. The number of alkyl halides is 3. The largest absolute Gasteiger partial charge is 0.417 e. The van der Waals surface area contributed by atoms with Crippen LogP contribution in [0.25, 0.3) is 10.4 Å². The first-order valence-electron chi connectivity index (χ1n) is 8.73. The van der Waals surface area contributed by atoms with Crippen LogP contribution in [0.2, 0.25) is 0 Å². The second-order valence-electron chi connectivity index (χ2n) is 7.78. The lowest BCUT2D eigenvalue weighted by molar-refractivity contribution is -0.137. The van der Waals surface area contributed by atoms with E-state index in [1.54, 1.807) is 6.92 Å². The molecule has 148 valence electrons. The van der Waals surface area contributed by atoms with Crippen LogP contribution in [0.3, 0.4) is 0 Å². The number of anilines is 1. The number of fused-ring (bicyclic) bond motifs is 5. The number of hydrogen-bond donors (Lipinski definition) is 0. The molecule has 7 nitrogen and oxygen atoms in total. The van der Waals surface area contributed by atoms with E-state index in [9.17, 15) is 21.6 Å². The maximum absolute atomic E-state index is 13.4. The standard InChI is InChI=1S/C17H16F3N5O2S/c1-16-13-4-10(5-15(13)23-24-22)14(16)8-25(28(16,26)27)11-3-2-9(7-21)12(6-11)17(18,19)20/h2-3,6,10,13-15H,4-5,8H2,1H3/t10-,13+,14+,15?,16-/m1/s1. The fourth-order valence-electron chi connectivity index (χ4n) is 5.43. The van der Waals surface area contributed by atoms with Crippen LogP contribution >= 0.6 is 0 Å². The molecule has 1 aromatic carbocycles. The van der Waals surface area contributed by atoms with Gasteiger partial charge in [0.1, 0.15) is 0 Å². The molecule has 2 aliphatic carbocycles. The molecule has 5 atom stereocenters. The van der Waals surface area contributed by atoms with Crippen LogP contribution in [0.5, 0.6) is 0 Å². The van der Waals surface area contributed by atoms with E-state index >= 15 is 0 Å². The van der Waals surface area contributed by atoms with E-state index in [0.29, 0.717) is 12.8 Å². The molecule has 1 unspecified atom stereocenters. The van der Waals surface area contributed by atoms with E-state index in [1.807, 2.05) is 0 Å². The highest BCUT2D eigenvalue weighted by Gasteiger charge is 2.70. The van der Waals surface area contributed by atoms with Gasteiger partial charge < -0.3 is 0 Å². The van der Waals surface area contributed by atoms with Crippen LogP contribution in [0, 0.1) is 29.1 Å². The molecule has 2 bridgehead atoms. The Morgan fingerprint density at radius 2 is 2.07 bits per heavy atom. The Hall–Kier alpha value is -2.44. The van der Waals surface area contributed by atoms with Gasteiger partial charge in [0.15, 0.2) is 0 Å². The minimum absolute atomic E-state index is 0.0470. The minimum atomic E-state index is -4.77. The second-order valence-corrected chi connectivity index (χ2v) is 10.0. The quantitative estimate of drug-likeness (QED) is 0.419. The van der Waals surface area contributed by atoms with Crippen LogP contribution in [0.15, 0.2) is 23.3 Å². The summed E-state index contributed by atoms with van der Waals surface area (Å²) in [4.78, 5) is 2.83. The average Bonchev–Trinajstić information content (AvgIpc) is 3.22. The summed E-state index contributed by atoms with van der Waals surface area (Å²) in [6.07, 6.45) is -3.53. The molecule has 3 fully saturated rings. The SMILES string of the molecule is C[C@@]12[C@H]3C[C@H](CC3N=[N+]=[N-])[C@@H]1CN(c1ccc(C#N)c(C(F)(F)F)c1)S2(=O)=O. The number of nitrogens with zero attached hydrogens (tertiary/aromatic N) is 5. The van der Waals surface area contributed by atoms with Crippen molar-refractivity contribution in [1.82, 2.24) is 0 Å². The van der Waals surface area contributed by atoms with Gasteiger partial charge in [0.05, 0.1) is 27.6 Å². The van der Waals surface area contributed by atoms with Gasteiger partial charge in [-0.1, -0.05) is 5.11 Å². The smallest absolute Gasteiger partial charge is 0.269 e. The van der Waals surface area contributed by atoms with Gasteiger partial charge in [0.2, 0.25) is 10.0 Å². The van der Waals surface area contributed by atoms with E-state index in [-0.39, 0.29) is 30.0 Å². The number of halogens is 3. The number of benzene rings is 1. The van der Waals surface area contributed by atoms with Crippen molar-refractivity contribution < 1.29 is 21.6 Å². The summed E-state index contributed by atoms with van der Waals surface area (Å²) in [5.74, 6) is -0.544. The third kappa shape index (κ3) is 2.28. The van der Waals surface area contributed by atoms with E-state index in [0.717, 1.165) is 16.4 Å². The summed E-state index contributed by atoms with van der Waals surface area (Å²) >= 11 is 0. The molecule has 4 rings (SSSR count). The molecular formula is C17H16F3N5O2S. The third-order valence-electron chi connectivity index (χ3n) is 6.73. The van der Waals surface area contributed by atoms with Gasteiger partial charge >= 0.3 is 6.18 Å². The fraction of sp³-hybridized carbons (Fsp3) is 0.588. The topological polar surface area (TPSA) is 110 Å². The Balaban J connectivity index is 1.79. The molecule has 1 heterocycles. The molecular weight excluding hydrogens is 395 g/mol. The summed E-state index contributed by atoms with van der Waals surface area (Å²) in [6, 6.07) is 4.05. The molecule has 0 aromatic heterocycles. The van der Waals surface area contributed by atoms with Crippen LogP contribution in [-0.2, 0) is 16.2 Å². The van der Waals surface area contributed by atoms with Crippen molar-refractivity contribution in [3.05, 3.63) is 39.8 Å². The van der Waals surface area contributed by atoms with Crippen LogP contribution in [0.4, 0.5) is 18.9 Å². The molecule has 3 aliphatic rings. The zero-order valence-corrected chi connectivity index (χ0v) is 15.6. The van der Waals surface area contributed by atoms with Crippen LogP contribution < -0.4 is 4.31 Å². The van der Waals surface area contributed by atoms with E-state index in [4.69, 9.17) is 10.8 Å². The van der Waals surface area contributed by atoms with Gasteiger partial charge in [-0.25, -0.2) is 8.42 Å². The number of sulfonamides is 1. The predicted octanol–water partition coefficient (Wildman–Crippen LogP) is 3.82. The summed E-state index contributed by atoms with van der Waals surface area (Å²) in [5.41, 5.74) is 6.96. The van der Waals surface area contributed by atoms with Crippen molar-refractivity contribution in [2.75, 3.05) is 10.8 Å². The van der Waals surface area contributed by atoms with Crippen LogP contribution in [0.1, 0.15) is 30.9 Å². The highest BCUT2D eigenvalue weighted by Crippen LogP contribution is 2.63. The summed E-state index contributed by atoms with van der Waals surface area (Å²) < 4.78 is 66.6. The van der Waals surface area contributed by atoms with Crippen LogP contribution in [-0.4, -0.2) is 25.8 Å². The van der Waals surface area contributed by atoms with Crippen molar-refractivity contribution in [3.8, 4) is 6.07 Å². The van der Waals surface area contributed by atoms with Gasteiger partial charge in [-0.15, -0.1) is 0 Å². The van der Waals surface area contributed by atoms with E-state index < -0.39 is 38.1 Å². The molecule has 1 aromatic rings. The van der Waals surface area contributed by atoms with Crippen molar-refractivity contribution in [2.45, 2.75) is 36.7 Å². The second kappa shape index (κ2) is 5.78. The first-order valence-corrected chi connectivity index (χ1v) is 10.2. The molecule has 0 N–H and O–H groups in total. The highest BCUT2D eigenvalue weighted by atomic mass is 32.2.